The molecule has 0 aliphatic heterocycles. The van der Waals surface area contributed by atoms with Crippen LogP contribution < -0.4 is 4.74 Å². The zero-order chi connectivity index (χ0) is 13.9. The van der Waals surface area contributed by atoms with Crippen molar-refractivity contribution in [3.8, 4) is 5.75 Å². The first-order chi connectivity index (χ1) is 8.32. The van der Waals surface area contributed by atoms with Crippen molar-refractivity contribution in [3.05, 3.63) is 28.8 Å². The summed E-state index contributed by atoms with van der Waals surface area (Å²) in [7, 11) is 0. The number of ether oxygens (including phenoxy) is 1. The summed E-state index contributed by atoms with van der Waals surface area (Å²) < 4.78 is 43.7. The molecule has 0 saturated heterocycles. The highest BCUT2D eigenvalue weighted by Gasteiger charge is 2.39. The zero-order valence-corrected chi connectivity index (χ0v) is 9.80. The summed E-state index contributed by atoms with van der Waals surface area (Å²) in [6.07, 6.45) is -4.54. The predicted octanol–water partition coefficient (Wildman–Crippen LogP) is 3.12. The van der Waals surface area contributed by atoms with Gasteiger partial charge in [-0.1, -0.05) is 0 Å². The van der Waals surface area contributed by atoms with Gasteiger partial charge in [-0.25, -0.2) is 0 Å². The molecule has 0 N–H and O–H groups in total. The molecule has 1 aromatic rings. The average Bonchev–Trinajstić information content (AvgIpc) is 2.27. The van der Waals surface area contributed by atoms with Crippen LogP contribution in [0.25, 0.3) is 0 Å². The van der Waals surface area contributed by atoms with Gasteiger partial charge >= 0.3 is 6.18 Å². The first kappa shape index (κ1) is 14.2. The molecule has 6 heteroatoms. The molecule has 1 aromatic carbocycles. The molecule has 0 unspecified atom stereocenters. The van der Waals surface area contributed by atoms with E-state index in [1.165, 1.54) is 6.92 Å². The van der Waals surface area contributed by atoms with Crippen LogP contribution in [0.1, 0.15) is 40.1 Å². The maximum absolute atomic E-state index is 13.0. The quantitative estimate of drug-likeness (QED) is 0.617. The van der Waals surface area contributed by atoms with Gasteiger partial charge in [-0.3, -0.25) is 9.59 Å². The Bertz CT molecular complexity index is 478. The Balaban J connectivity index is 3.65. The van der Waals surface area contributed by atoms with Crippen molar-refractivity contribution in [3.63, 3.8) is 0 Å². The summed E-state index contributed by atoms with van der Waals surface area (Å²) in [5.41, 5.74) is -2.14. The highest BCUT2D eigenvalue weighted by molar-refractivity contribution is 6.03. The van der Waals surface area contributed by atoms with Gasteiger partial charge in [0.25, 0.3) is 0 Å². The topological polar surface area (TPSA) is 43.4 Å². The van der Waals surface area contributed by atoms with E-state index in [4.69, 9.17) is 4.74 Å². The molecule has 0 amide bonds. The zero-order valence-electron chi connectivity index (χ0n) is 9.80. The van der Waals surface area contributed by atoms with Gasteiger partial charge in [0.2, 0.25) is 0 Å². The van der Waals surface area contributed by atoms with E-state index in [2.05, 4.69) is 0 Å². The average molecular weight is 260 g/mol. The molecule has 0 bridgehead atoms. The molecule has 0 aliphatic carbocycles. The lowest BCUT2D eigenvalue weighted by atomic mass is 9.97. The van der Waals surface area contributed by atoms with Crippen LogP contribution in [0.15, 0.2) is 12.1 Å². The monoisotopic (exact) mass is 260 g/mol. The fourth-order valence-electron chi connectivity index (χ4n) is 1.63. The molecule has 1 rings (SSSR count). The molecule has 98 valence electrons. The minimum atomic E-state index is -4.76. The molecule has 0 aromatic heterocycles. The minimum Gasteiger partial charge on any atom is -0.493 e. The standard InChI is InChI=1S/C12H11F3O3/c1-3-18-9-5-4-8(6-16)10(7(2)17)11(9)12(13,14)15/h4-6H,3H2,1-2H3. The Morgan fingerprint density at radius 2 is 2.00 bits per heavy atom. The van der Waals surface area contributed by atoms with Crippen LogP contribution in [-0.2, 0) is 6.18 Å². The summed E-state index contributed by atoms with van der Waals surface area (Å²) >= 11 is 0. The summed E-state index contributed by atoms with van der Waals surface area (Å²) in [5, 5.41) is 0. The Morgan fingerprint density at radius 3 is 2.39 bits per heavy atom. The maximum Gasteiger partial charge on any atom is 0.420 e. The summed E-state index contributed by atoms with van der Waals surface area (Å²) in [6.45, 7) is 2.54. The van der Waals surface area contributed by atoms with Gasteiger partial charge in [0, 0.05) is 11.1 Å². The van der Waals surface area contributed by atoms with Gasteiger partial charge in [0.15, 0.2) is 12.1 Å². The Kier molecular flexibility index (Phi) is 4.11. The third-order valence-electron chi connectivity index (χ3n) is 2.26. The molecule has 0 heterocycles. The number of carbonyl (C=O) groups excluding carboxylic acids is 2. The van der Waals surface area contributed by atoms with E-state index in [-0.39, 0.29) is 18.5 Å². The van der Waals surface area contributed by atoms with Crippen molar-refractivity contribution >= 4 is 12.1 Å². The van der Waals surface area contributed by atoms with Crippen LogP contribution in [0.5, 0.6) is 5.75 Å². The number of Topliss-reactive ketones (excluding diaryl/α,β-unsaturated/α-hetero) is 1. The Morgan fingerprint density at radius 1 is 1.39 bits per heavy atom. The molecule has 0 aliphatic rings. The van der Waals surface area contributed by atoms with Gasteiger partial charge < -0.3 is 4.74 Å². The number of alkyl halides is 3. The van der Waals surface area contributed by atoms with E-state index in [0.29, 0.717) is 0 Å². The van der Waals surface area contributed by atoms with Crippen molar-refractivity contribution in [1.29, 1.82) is 0 Å². The molecule has 0 radical (unpaired) electrons. The lowest BCUT2D eigenvalue weighted by molar-refractivity contribution is -0.139. The van der Waals surface area contributed by atoms with Gasteiger partial charge in [0.1, 0.15) is 11.3 Å². The number of benzene rings is 1. The lowest BCUT2D eigenvalue weighted by Gasteiger charge is -2.17. The van der Waals surface area contributed by atoms with Crippen molar-refractivity contribution < 1.29 is 27.5 Å². The number of hydrogen-bond acceptors (Lipinski definition) is 3. The highest BCUT2D eigenvalue weighted by atomic mass is 19.4. The third kappa shape index (κ3) is 2.69. The summed E-state index contributed by atoms with van der Waals surface area (Å²) in [4.78, 5) is 22.1. The van der Waals surface area contributed by atoms with Gasteiger partial charge in [-0.2, -0.15) is 13.2 Å². The predicted molar refractivity (Wildman–Crippen MR) is 58.0 cm³/mol. The molecule has 0 spiro atoms. The van der Waals surface area contributed by atoms with Gasteiger partial charge in [0.05, 0.1) is 6.61 Å². The smallest absolute Gasteiger partial charge is 0.420 e. The van der Waals surface area contributed by atoms with E-state index in [9.17, 15) is 22.8 Å². The molecule has 18 heavy (non-hydrogen) atoms. The van der Waals surface area contributed by atoms with E-state index in [0.717, 1.165) is 19.1 Å². The SMILES string of the molecule is CCOc1ccc(C=O)c(C(C)=O)c1C(F)(F)F. The van der Waals surface area contributed by atoms with Crippen LogP contribution in [0.2, 0.25) is 0 Å². The van der Waals surface area contributed by atoms with E-state index in [1.807, 2.05) is 0 Å². The second kappa shape index (κ2) is 5.20. The van der Waals surface area contributed by atoms with Crippen LogP contribution in [0.4, 0.5) is 13.2 Å². The third-order valence-corrected chi connectivity index (χ3v) is 2.26. The number of hydrogen-bond donors (Lipinski definition) is 0. The largest absolute Gasteiger partial charge is 0.493 e. The highest BCUT2D eigenvalue weighted by Crippen LogP contribution is 2.40. The number of aldehydes is 1. The molecular weight excluding hydrogens is 249 g/mol. The van der Waals surface area contributed by atoms with Crippen LogP contribution in [0.3, 0.4) is 0 Å². The second-order valence-electron chi connectivity index (χ2n) is 3.51. The van der Waals surface area contributed by atoms with Gasteiger partial charge in [-0.15, -0.1) is 0 Å². The lowest BCUT2D eigenvalue weighted by Crippen LogP contribution is -2.16. The van der Waals surface area contributed by atoms with Crippen LogP contribution in [0, 0.1) is 0 Å². The molecular formula is C12H11F3O3. The number of halogens is 3. The Hall–Kier alpha value is -1.85. The number of ketones is 1. The Labute approximate surface area is 102 Å². The van der Waals surface area contributed by atoms with Crippen LogP contribution in [-0.4, -0.2) is 18.7 Å². The summed E-state index contributed by atoms with van der Waals surface area (Å²) in [6, 6.07) is 2.19. The summed E-state index contributed by atoms with van der Waals surface area (Å²) in [5.74, 6) is -1.27. The first-order valence-corrected chi connectivity index (χ1v) is 5.16. The van der Waals surface area contributed by atoms with Crippen molar-refractivity contribution in [2.24, 2.45) is 0 Å². The molecule has 0 saturated carbocycles. The normalized spacial score (nSPS) is 11.2. The maximum atomic E-state index is 13.0. The first-order valence-electron chi connectivity index (χ1n) is 5.16. The fraction of sp³-hybridized carbons (Fsp3) is 0.333. The number of rotatable bonds is 4. The van der Waals surface area contributed by atoms with Crippen molar-refractivity contribution in [2.45, 2.75) is 20.0 Å². The van der Waals surface area contributed by atoms with Crippen molar-refractivity contribution in [2.75, 3.05) is 6.61 Å². The van der Waals surface area contributed by atoms with Crippen LogP contribution >= 0.6 is 0 Å². The van der Waals surface area contributed by atoms with Crippen molar-refractivity contribution in [1.82, 2.24) is 0 Å². The molecule has 0 atom stereocenters. The molecule has 3 nitrogen and oxygen atoms in total. The number of carbonyl (C=O) groups is 2. The second-order valence-corrected chi connectivity index (χ2v) is 3.51. The fourth-order valence-corrected chi connectivity index (χ4v) is 1.63. The van der Waals surface area contributed by atoms with E-state index in [1.54, 1.807) is 0 Å². The molecule has 0 fully saturated rings. The van der Waals surface area contributed by atoms with E-state index >= 15 is 0 Å². The van der Waals surface area contributed by atoms with E-state index < -0.39 is 28.8 Å². The van der Waals surface area contributed by atoms with Gasteiger partial charge in [-0.05, 0) is 26.0 Å². The minimum absolute atomic E-state index is 0.0286.